The highest BCUT2D eigenvalue weighted by Crippen LogP contribution is 2.39. The van der Waals surface area contributed by atoms with Gasteiger partial charge in [0.25, 0.3) is 0 Å². The van der Waals surface area contributed by atoms with Crippen molar-refractivity contribution < 1.29 is 18.6 Å². The van der Waals surface area contributed by atoms with E-state index in [1.807, 2.05) is 0 Å². The van der Waals surface area contributed by atoms with Crippen LogP contribution in [0.4, 0.5) is 0 Å². The molecule has 1 aromatic carbocycles. The zero-order chi connectivity index (χ0) is 13.3. The molecule has 1 heterocycles. The van der Waals surface area contributed by atoms with Gasteiger partial charge >= 0.3 is 5.63 Å². The molecule has 1 aromatic heterocycles. The second-order valence-corrected chi connectivity index (χ2v) is 3.75. The van der Waals surface area contributed by atoms with Crippen LogP contribution in [0.5, 0.6) is 17.2 Å². The highest BCUT2D eigenvalue weighted by molar-refractivity contribution is 5.94. The Balaban J connectivity index is 3.00. The third-order valence-electron chi connectivity index (χ3n) is 2.70. The Bertz CT molecular complexity index is 642. The van der Waals surface area contributed by atoms with Crippen molar-refractivity contribution >= 4 is 10.8 Å². The van der Waals surface area contributed by atoms with Gasteiger partial charge in [0.2, 0.25) is 0 Å². The summed E-state index contributed by atoms with van der Waals surface area (Å²) in [5.41, 5.74) is -0.473. The molecule has 0 unspecified atom stereocenters. The molecule has 5 nitrogen and oxygen atoms in total. The van der Waals surface area contributed by atoms with E-state index in [2.05, 4.69) is 0 Å². The zero-order valence-electron chi connectivity index (χ0n) is 10.7. The number of ether oxygens (including phenoxy) is 3. The number of aryl methyl sites for hydroxylation is 1. The first-order valence-corrected chi connectivity index (χ1v) is 5.35. The molecule has 0 bridgehead atoms. The molecule has 0 fully saturated rings. The molecule has 0 N–H and O–H groups in total. The standard InChI is InChI=1S/C13H14O5/c1-7-5-8-9(15-2)6-10(16-3)12(17-4)11(8)13(14)18-7/h5-6H,1-4H3. The number of hydrogen-bond donors (Lipinski definition) is 0. The molecular weight excluding hydrogens is 236 g/mol. The molecule has 18 heavy (non-hydrogen) atoms. The molecule has 2 aromatic rings. The normalized spacial score (nSPS) is 10.4. The summed E-state index contributed by atoms with van der Waals surface area (Å²) in [6.07, 6.45) is 0. The van der Waals surface area contributed by atoms with Gasteiger partial charge in [0.05, 0.1) is 21.3 Å². The van der Waals surface area contributed by atoms with Crippen LogP contribution in [-0.2, 0) is 0 Å². The molecular formula is C13H14O5. The Labute approximate surface area is 104 Å². The average Bonchev–Trinajstić information content (AvgIpc) is 2.36. The third-order valence-corrected chi connectivity index (χ3v) is 2.70. The van der Waals surface area contributed by atoms with Crippen LogP contribution in [0.3, 0.4) is 0 Å². The Hall–Kier alpha value is -2.17. The first-order chi connectivity index (χ1) is 8.62. The van der Waals surface area contributed by atoms with Gasteiger partial charge in [-0.2, -0.15) is 0 Å². The Morgan fingerprint density at radius 1 is 1.00 bits per heavy atom. The van der Waals surface area contributed by atoms with Crippen LogP contribution in [0.2, 0.25) is 0 Å². The summed E-state index contributed by atoms with van der Waals surface area (Å²) in [6, 6.07) is 3.41. The van der Waals surface area contributed by atoms with Crippen molar-refractivity contribution in [1.29, 1.82) is 0 Å². The quantitative estimate of drug-likeness (QED) is 0.835. The second-order valence-electron chi connectivity index (χ2n) is 3.75. The monoisotopic (exact) mass is 250 g/mol. The fourth-order valence-electron chi connectivity index (χ4n) is 1.93. The lowest BCUT2D eigenvalue weighted by molar-refractivity contribution is 0.352. The summed E-state index contributed by atoms with van der Waals surface area (Å²) < 4.78 is 20.8. The van der Waals surface area contributed by atoms with Crippen LogP contribution in [0.15, 0.2) is 21.3 Å². The highest BCUT2D eigenvalue weighted by atomic mass is 16.5. The molecule has 0 saturated heterocycles. The maximum Gasteiger partial charge on any atom is 0.347 e. The summed E-state index contributed by atoms with van der Waals surface area (Å²) in [6.45, 7) is 1.71. The van der Waals surface area contributed by atoms with Gasteiger partial charge < -0.3 is 18.6 Å². The lowest BCUT2D eigenvalue weighted by atomic mass is 10.1. The van der Waals surface area contributed by atoms with E-state index >= 15 is 0 Å². The van der Waals surface area contributed by atoms with E-state index < -0.39 is 5.63 Å². The number of methoxy groups -OCH3 is 3. The molecule has 0 saturated carbocycles. The van der Waals surface area contributed by atoms with E-state index in [1.165, 1.54) is 21.3 Å². The Morgan fingerprint density at radius 2 is 1.67 bits per heavy atom. The van der Waals surface area contributed by atoms with Gasteiger partial charge in [-0.25, -0.2) is 4.79 Å². The smallest absolute Gasteiger partial charge is 0.347 e. The second kappa shape index (κ2) is 4.60. The maximum absolute atomic E-state index is 12.0. The summed E-state index contributed by atoms with van der Waals surface area (Å²) in [7, 11) is 4.51. The first-order valence-electron chi connectivity index (χ1n) is 5.35. The van der Waals surface area contributed by atoms with Crippen LogP contribution in [-0.4, -0.2) is 21.3 Å². The van der Waals surface area contributed by atoms with Crippen molar-refractivity contribution in [2.75, 3.05) is 21.3 Å². The van der Waals surface area contributed by atoms with E-state index in [1.54, 1.807) is 19.1 Å². The molecule has 2 rings (SSSR count). The van der Waals surface area contributed by atoms with Crippen molar-refractivity contribution in [2.45, 2.75) is 6.92 Å². The van der Waals surface area contributed by atoms with Crippen LogP contribution in [0.25, 0.3) is 10.8 Å². The molecule has 0 aliphatic carbocycles. The minimum Gasteiger partial charge on any atom is -0.496 e. The number of fused-ring (bicyclic) bond motifs is 1. The highest BCUT2D eigenvalue weighted by Gasteiger charge is 2.18. The van der Waals surface area contributed by atoms with Crippen LogP contribution >= 0.6 is 0 Å². The predicted molar refractivity (Wildman–Crippen MR) is 66.9 cm³/mol. The van der Waals surface area contributed by atoms with Crippen molar-refractivity contribution in [3.8, 4) is 17.2 Å². The van der Waals surface area contributed by atoms with E-state index in [0.29, 0.717) is 33.8 Å². The minimum atomic E-state index is -0.473. The summed E-state index contributed by atoms with van der Waals surface area (Å²) in [4.78, 5) is 12.0. The van der Waals surface area contributed by atoms with Crippen LogP contribution in [0, 0.1) is 6.92 Å². The largest absolute Gasteiger partial charge is 0.496 e. The Morgan fingerprint density at radius 3 is 2.22 bits per heavy atom. The van der Waals surface area contributed by atoms with Crippen molar-refractivity contribution in [1.82, 2.24) is 0 Å². The lowest BCUT2D eigenvalue weighted by Crippen LogP contribution is -2.05. The maximum atomic E-state index is 12.0. The number of benzene rings is 1. The fourth-order valence-corrected chi connectivity index (χ4v) is 1.93. The Kier molecular flexibility index (Phi) is 3.14. The van der Waals surface area contributed by atoms with Crippen LogP contribution in [0.1, 0.15) is 5.76 Å². The van der Waals surface area contributed by atoms with Gasteiger partial charge in [-0.1, -0.05) is 0 Å². The molecule has 0 atom stereocenters. The lowest BCUT2D eigenvalue weighted by Gasteiger charge is -2.13. The number of rotatable bonds is 3. The molecule has 0 radical (unpaired) electrons. The van der Waals surface area contributed by atoms with E-state index in [0.717, 1.165) is 0 Å². The summed E-state index contributed by atoms with van der Waals surface area (Å²) >= 11 is 0. The van der Waals surface area contributed by atoms with Gasteiger partial charge in [-0.15, -0.1) is 0 Å². The minimum absolute atomic E-state index is 0.319. The fraction of sp³-hybridized carbons (Fsp3) is 0.308. The summed E-state index contributed by atoms with van der Waals surface area (Å²) in [5.74, 6) is 1.83. The van der Waals surface area contributed by atoms with E-state index in [4.69, 9.17) is 18.6 Å². The van der Waals surface area contributed by atoms with Crippen LogP contribution < -0.4 is 19.8 Å². The van der Waals surface area contributed by atoms with Gasteiger partial charge in [0, 0.05) is 11.5 Å². The van der Waals surface area contributed by atoms with Crippen molar-refractivity contribution in [3.05, 3.63) is 28.3 Å². The van der Waals surface area contributed by atoms with E-state index in [-0.39, 0.29) is 0 Å². The average molecular weight is 250 g/mol. The van der Waals surface area contributed by atoms with Gasteiger partial charge in [-0.3, -0.25) is 0 Å². The van der Waals surface area contributed by atoms with Gasteiger partial charge in [0.1, 0.15) is 16.9 Å². The molecule has 0 aliphatic rings. The topological polar surface area (TPSA) is 57.9 Å². The SMILES string of the molecule is COc1cc(OC)c2cc(C)oc(=O)c2c1OC. The van der Waals surface area contributed by atoms with Crippen molar-refractivity contribution in [2.24, 2.45) is 0 Å². The molecule has 0 spiro atoms. The predicted octanol–water partition coefficient (Wildman–Crippen LogP) is 2.13. The molecule has 96 valence electrons. The molecule has 0 amide bonds. The van der Waals surface area contributed by atoms with Crippen molar-refractivity contribution in [3.63, 3.8) is 0 Å². The molecule has 0 aliphatic heterocycles. The molecule has 5 heteroatoms. The van der Waals surface area contributed by atoms with Gasteiger partial charge in [0.15, 0.2) is 11.5 Å². The number of hydrogen-bond acceptors (Lipinski definition) is 5. The summed E-state index contributed by atoms with van der Waals surface area (Å²) in [5, 5.41) is 0.961. The zero-order valence-corrected chi connectivity index (χ0v) is 10.7. The van der Waals surface area contributed by atoms with Gasteiger partial charge in [-0.05, 0) is 13.0 Å². The first kappa shape index (κ1) is 12.3. The van der Waals surface area contributed by atoms with E-state index in [9.17, 15) is 4.79 Å². The third kappa shape index (κ3) is 1.77.